The van der Waals surface area contributed by atoms with Gasteiger partial charge in [-0.05, 0) is 37.5 Å². The van der Waals surface area contributed by atoms with Crippen molar-refractivity contribution in [2.45, 2.75) is 51.9 Å². The Hall–Kier alpha value is -1.59. The number of aliphatic carboxylic acids is 1. The summed E-state index contributed by atoms with van der Waals surface area (Å²) < 4.78 is 0. The quantitative estimate of drug-likeness (QED) is 0.831. The molecule has 1 N–H and O–H groups in total. The van der Waals surface area contributed by atoms with E-state index in [2.05, 4.69) is 6.92 Å². The van der Waals surface area contributed by atoms with Crippen molar-refractivity contribution in [2.24, 2.45) is 17.8 Å². The lowest BCUT2D eigenvalue weighted by atomic mass is 9.80. The minimum Gasteiger partial charge on any atom is -0.481 e. The molecule has 0 spiro atoms. The highest BCUT2D eigenvalue weighted by molar-refractivity contribution is 5.85. The van der Waals surface area contributed by atoms with Crippen molar-refractivity contribution in [3.8, 4) is 0 Å². The van der Waals surface area contributed by atoms with E-state index in [0.717, 1.165) is 12.8 Å². The van der Waals surface area contributed by atoms with E-state index in [-0.39, 0.29) is 24.9 Å². The van der Waals surface area contributed by atoms with Crippen LogP contribution in [0.4, 0.5) is 0 Å². The first-order valence-corrected chi connectivity index (χ1v) is 9.11. The van der Waals surface area contributed by atoms with Crippen LogP contribution in [-0.4, -0.2) is 59.4 Å². The maximum Gasteiger partial charge on any atom is 0.308 e. The lowest BCUT2D eigenvalue weighted by molar-refractivity contribution is -0.147. The fraction of sp³-hybridized carbons (Fsp3) is 0.833. The van der Waals surface area contributed by atoms with Gasteiger partial charge in [0.05, 0.1) is 12.5 Å². The second-order valence-corrected chi connectivity index (χ2v) is 7.61. The smallest absolute Gasteiger partial charge is 0.308 e. The summed E-state index contributed by atoms with van der Waals surface area (Å²) in [6.07, 6.45) is 6.48. The number of nitrogens with zero attached hydrogens (tertiary/aromatic N) is 2. The molecule has 1 heterocycles. The number of hydrogen-bond donors (Lipinski definition) is 1. The first-order valence-electron chi connectivity index (χ1n) is 9.11. The largest absolute Gasteiger partial charge is 0.481 e. The molecule has 24 heavy (non-hydrogen) atoms. The lowest BCUT2D eigenvalue weighted by Gasteiger charge is -2.32. The van der Waals surface area contributed by atoms with Gasteiger partial charge in [0.15, 0.2) is 0 Å². The molecule has 3 atom stereocenters. The fourth-order valence-electron chi connectivity index (χ4n) is 3.94. The molecule has 0 aromatic rings. The summed E-state index contributed by atoms with van der Waals surface area (Å²) in [6, 6.07) is 0. The van der Waals surface area contributed by atoms with Gasteiger partial charge < -0.3 is 14.9 Å². The Morgan fingerprint density at radius 3 is 2.58 bits per heavy atom. The average Bonchev–Trinajstić information content (AvgIpc) is 2.54. The van der Waals surface area contributed by atoms with Crippen molar-refractivity contribution in [2.75, 3.05) is 26.7 Å². The molecule has 2 amide bonds. The summed E-state index contributed by atoms with van der Waals surface area (Å²) in [7, 11) is 1.67. The molecule has 2 aliphatic rings. The summed E-state index contributed by atoms with van der Waals surface area (Å²) in [5.74, 6) is -0.325. The number of amides is 2. The third-order valence-electron chi connectivity index (χ3n) is 5.43. The molecule has 3 unspecified atom stereocenters. The van der Waals surface area contributed by atoms with Crippen molar-refractivity contribution in [1.82, 2.24) is 9.80 Å². The average molecular weight is 338 g/mol. The third-order valence-corrected chi connectivity index (χ3v) is 5.43. The van der Waals surface area contributed by atoms with Crippen LogP contribution in [0.15, 0.2) is 0 Å². The molecule has 2 fully saturated rings. The van der Waals surface area contributed by atoms with Crippen LogP contribution in [-0.2, 0) is 14.4 Å². The van der Waals surface area contributed by atoms with Gasteiger partial charge in [-0.1, -0.05) is 19.8 Å². The second-order valence-electron chi connectivity index (χ2n) is 7.61. The molecule has 1 aliphatic heterocycles. The molecule has 1 saturated carbocycles. The van der Waals surface area contributed by atoms with E-state index in [1.54, 1.807) is 11.9 Å². The molecular weight excluding hydrogens is 308 g/mol. The van der Waals surface area contributed by atoms with E-state index < -0.39 is 11.9 Å². The number of carboxylic acid groups (broad SMARTS) is 1. The highest BCUT2D eigenvalue weighted by atomic mass is 16.4. The van der Waals surface area contributed by atoms with Crippen LogP contribution in [0.1, 0.15) is 51.9 Å². The molecule has 136 valence electrons. The number of carboxylic acids is 1. The standard InChI is InChI=1S/C18H30N2O4/c1-13-5-3-6-14(9-13)10-16(21)19(2)12-17(22)20-8-4-7-15(11-20)18(23)24/h13-15H,3-12H2,1-2H3,(H,23,24). The summed E-state index contributed by atoms with van der Waals surface area (Å²) in [6.45, 7) is 3.13. The zero-order valence-corrected chi connectivity index (χ0v) is 14.9. The Morgan fingerprint density at radius 2 is 1.92 bits per heavy atom. The predicted octanol–water partition coefficient (Wildman–Crippen LogP) is 1.98. The number of likely N-dealkylation sites (tertiary alicyclic amines) is 1. The normalized spacial score (nSPS) is 27.6. The molecular formula is C18H30N2O4. The Labute approximate surface area is 144 Å². The molecule has 2 rings (SSSR count). The van der Waals surface area contributed by atoms with Crippen molar-refractivity contribution >= 4 is 17.8 Å². The molecule has 0 bridgehead atoms. The van der Waals surface area contributed by atoms with Crippen LogP contribution >= 0.6 is 0 Å². The van der Waals surface area contributed by atoms with Crippen LogP contribution < -0.4 is 0 Å². The van der Waals surface area contributed by atoms with Gasteiger partial charge in [-0.15, -0.1) is 0 Å². The van der Waals surface area contributed by atoms with Crippen LogP contribution in [0.25, 0.3) is 0 Å². The summed E-state index contributed by atoms with van der Waals surface area (Å²) in [4.78, 5) is 38.9. The zero-order valence-electron chi connectivity index (χ0n) is 14.9. The Bertz CT molecular complexity index is 480. The maximum absolute atomic E-state index is 12.4. The summed E-state index contributed by atoms with van der Waals surface area (Å²) >= 11 is 0. The first kappa shape index (κ1) is 18.7. The van der Waals surface area contributed by atoms with Crippen LogP contribution in [0, 0.1) is 17.8 Å². The van der Waals surface area contributed by atoms with Gasteiger partial charge in [0.1, 0.15) is 0 Å². The van der Waals surface area contributed by atoms with Gasteiger partial charge in [-0.2, -0.15) is 0 Å². The summed E-state index contributed by atoms with van der Waals surface area (Å²) in [5.41, 5.74) is 0. The van der Waals surface area contributed by atoms with E-state index in [1.807, 2.05) is 0 Å². The molecule has 0 aromatic heterocycles. The van der Waals surface area contributed by atoms with Gasteiger partial charge in [0, 0.05) is 26.6 Å². The van der Waals surface area contributed by atoms with Crippen LogP contribution in [0.5, 0.6) is 0 Å². The SMILES string of the molecule is CC1CCCC(CC(=O)N(C)CC(=O)N2CCCC(C(=O)O)C2)C1. The van der Waals surface area contributed by atoms with Crippen LogP contribution in [0.3, 0.4) is 0 Å². The maximum atomic E-state index is 12.4. The third kappa shape index (κ3) is 5.21. The van der Waals surface area contributed by atoms with E-state index >= 15 is 0 Å². The zero-order chi connectivity index (χ0) is 17.7. The molecule has 1 aliphatic carbocycles. The van der Waals surface area contributed by atoms with Gasteiger partial charge in [0.2, 0.25) is 11.8 Å². The Morgan fingerprint density at radius 1 is 1.17 bits per heavy atom. The Balaban J connectivity index is 1.79. The lowest BCUT2D eigenvalue weighted by Crippen LogP contribution is -2.47. The number of rotatable bonds is 5. The number of carbonyl (C=O) groups excluding carboxylic acids is 2. The molecule has 6 heteroatoms. The van der Waals surface area contributed by atoms with E-state index in [0.29, 0.717) is 37.6 Å². The number of carbonyl (C=O) groups is 3. The highest BCUT2D eigenvalue weighted by Gasteiger charge is 2.29. The fourth-order valence-corrected chi connectivity index (χ4v) is 3.94. The molecule has 6 nitrogen and oxygen atoms in total. The Kier molecular flexibility index (Phi) is 6.63. The van der Waals surface area contributed by atoms with E-state index in [1.165, 1.54) is 17.7 Å². The highest BCUT2D eigenvalue weighted by Crippen LogP contribution is 2.31. The number of likely N-dealkylation sites (N-methyl/N-ethyl adjacent to an activating group) is 1. The topological polar surface area (TPSA) is 77.9 Å². The van der Waals surface area contributed by atoms with Crippen LogP contribution in [0.2, 0.25) is 0 Å². The van der Waals surface area contributed by atoms with E-state index in [9.17, 15) is 14.4 Å². The number of hydrogen-bond acceptors (Lipinski definition) is 3. The monoisotopic (exact) mass is 338 g/mol. The summed E-state index contributed by atoms with van der Waals surface area (Å²) in [5, 5.41) is 9.11. The van der Waals surface area contributed by atoms with Gasteiger partial charge >= 0.3 is 5.97 Å². The molecule has 0 aromatic carbocycles. The van der Waals surface area contributed by atoms with Crippen molar-refractivity contribution in [3.05, 3.63) is 0 Å². The van der Waals surface area contributed by atoms with Crippen molar-refractivity contribution < 1.29 is 19.5 Å². The van der Waals surface area contributed by atoms with Crippen molar-refractivity contribution in [3.63, 3.8) is 0 Å². The predicted molar refractivity (Wildman–Crippen MR) is 90.3 cm³/mol. The number of piperidine rings is 1. The minimum absolute atomic E-state index is 0.0224. The second kappa shape index (κ2) is 8.49. The molecule has 1 saturated heterocycles. The van der Waals surface area contributed by atoms with Gasteiger partial charge in [-0.25, -0.2) is 0 Å². The van der Waals surface area contributed by atoms with E-state index in [4.69, 9.17) is 5.11 Å². The van der Waals surface area contributed by atoms with Crippen molar-refractivity contribution in [1.29, 1.82) is 0 Å². The minimum atomic E-state index is -0.844. The van der Waals surface area contributed by atoms with Gasteiger partial charge in [0.25, 0.3) is 0 Å². The molecule has 0 radical (unpaired) electrons. The van der Waals surface area contributed by atoms with Gasteiger partial charge in [-0.3, -0.25) is 14.4 Å². The first-order chi connectivity index (χ1) is 11.4.